The molecule has 196 valence electrons. The molecule has 3 heterocycles. The van der Waals surface area contributed by atoms with Crippen molar-refractivity contribution in [1.29, 1.82) is 0 Å². The van der Waals surface area contributed by atoms with Crippen molar-refractivity contribution < 1.29 is 9.15 Å². The number of H-pyrrole nitrogens is 1. The Morgan fingerprint density at radius 2 is 1.87 bits per heavy atom. The molecule has 9 heteroatoms. The van der Waals surface area contributed by atoms with Crippen LogP contribution in [-0.2, 0) is 26.1 Å². The van der Waals surface area contributed by atoms with Crippen molar-refractivity contribution in [3.8, 4) is 5.75 Å². The van der Waals surface area contributed by atoms with E-state index in [0.29, 0.717) is 25.2 Å². The zero-order chi connectivity index (χ0) is 26.5. The number of aromatic nitrogens is 5. The van der Waals surface area contributed by atoms with Gasteiger partial charge in [-0.3, -0.25) is 9.69 Å². The van der Waals surface area contributed by atoms with E-state index in [2.05, 4.69) is 51.4 Å². The number of tetrazole rings is 1. The van der Waals surface area contributed by atoms with E-state index < -0.39 is 0 Å². The van der Waals surface area contributed by atoms with Crippen molar-refractivity contribution in [3.05, 3.63) is 106 Å². The fourth-order valence-electron chi connectivity index (χ4n) is 4.82. The molecule has 0 spiro atoms. The maximum absolute atomic E-state index is 13.2. The highest BCUT2D eigenvalue weighted by Crippen LogP contribution is 2.27. The topological polar surface area (TPSA) is 102 Å². The third kappa shape index (κ3) is 5.52. The molecule has 0 bridgehead atoms. The van der Waals surface area contributed by atoms with Crippen molar-refractivity contribution in [3.63, 3.8) is 0 Å². The number of aryl methyl sites for hydroxylation is 1. The lowest BCUT2D eigenvalue weighted by Gasteiger charge is -2.30. The van der Waals surface area contributed by atoms with Gasteiger partial charge in [0, 0.05) is 24.2 Å². The number of hydrogen-bond donors (Lipinski definition) is 1. The van der Waals surface area contributed by atoms with Crippen LogP contribution < -0.4 is 10.3 Å². The number of pyridine rings is 1. The Balaban J connectivity index is 1.52. The summed E-state index contributed by atoms with van der Waals surface area (Å²) in [6.07, 6.45) is 3.33. The average Bonchev–Trinajstić information content (AvgIpc) is 3.62. The number of rotatable bonds is 11. The van der Waals surface area contributed by atoms with Crippen LogP contribution in [0.15, 0.2) is 76.1 Å². The van der Waals surface area contributed by atoms with Crippen LogP contribution in [0.2, 0.25) is 0 Å². The van der Waals surface area contributed by atoms with Crippen LogP contribution in [0.4, 0.5) is 0 Å². The number of nitrogens with one attached hydrogen (secondary N) is 1. The molecule has 5 rings (SSSR count). The molecule has 0 unspecified atom stereocenters. The summed E-state index contributed by atoms with van der Waals surface area (Å²) in [5, 5.41) is 13.7. The minimum atomic E-state index is -0.140. The van der Waals surface area contributed by atoms with Crippen LogP contribution in [0.3, 0.4) is 0 Å². The van der Waals surface area contributed by atoms with Gasteiger partial charge >= 0.3 is 0 Å². The molecule has 0 amide bonds. The number of nitrogens with zero attached hydrogens (tertiary/aromatic N) is 5. The SMILES string of the molecule is CCc1ccc2[nH]c(=O)c(CN(Cc3ccc(OC)cc3)[C@@H](CC)c3nnnn3Cc3ccco3)cc2c1. The molecule has 0 radical (unpaired) electrons. The van der Waals surface area contributed by atoms with Crippen molar-refractivity contribution >= 4 is 10.9 Å². The normalized spacial score (nSPS) is 12.3. The van der Waals surface area contributed by atoms with Gasteiger partial charge in [-0.1, -0.05) is 32.0 Å². The fourth-order valence-corrected chi connectivity index (χ4v) is 4.82. The van der Waals surface area contributed by atoms with E-state index in [9.17, 15) is 4.79 Å². The van der Waals surface area contributed by atoms with Gasteiger partial charge < -0.3 is 14.1 Å². The van der Waals surface area contributed by atoms with E-state index in [1.807, 2.05) is 48.5 Å². The second kappa shape index (κ2) is 11.4. The largest absolute Gasteiger partial charge is 0.497 e. The number of ether oxygens (including phenoxy) is 1. The Kier molecular flexibility index (Phi) is 7.65. The van der Waals surface area contributed by atoms with Gasteiger partial charge in [0.25, 0.3) is 5.56 Å². The lowest BCUT2D eigenvalue weighted by molar-refractivity contribution is 0.161. The molecular weight excluding hydrogens is 480 g/mol. The Labute approximate surface area is 221 Å². The number of benzene rings is 2. The Morgan fingerprint density at radius 1 is 1.05 bits per heavy atom. The number of methoxy groups -OCH3 is 1. The van der Waals surface area contributed by atoms with E-state index in [1.165, 1.54) is 5.56 Å². The summed E-state index contributed by atoms with van der Waals surface area (Å²) >= 11 is 0. The summed E-state index contributed by atoms with van der Waals surface area (Å²) in [5.41, 5.74) is 3.77. The van der Waals surface area contributed by atoms with E-state index in [4.69, 9.17) is 9.15 Å². The van der Waals surface area contributed by atoms with Gasteiger partial charge in [-0.15, -0.1) is 5.10 Å². The van der Waals surface area contributed by atoms with Gasteiger partial charge in [-0.2, -0.15) is 0 Å². The first-order valence-electron chi connectivity index (χ1n) is 12.9. The number of aromatic amines is 1. The van der Waals surface area contributed by atoms with Crippen LogP contribution in [0, 0.1) is 0 Å². The first-order valence-corrected chi connectivity index (χ1v) is 12.9. The minimum absolute atomic E-state index is 0.0912. The van der Waals surface area contributed by atoms with Crippen molar-refractivity contribution in [2.24, 2.45) is 0 Å². The first-order chi connectivity index (χ1) is 18.6. The second-order valence-corrected chi connectivity index (χ2v) is 9.35. The molecule has 0 saturated carbocycles. The zero-order valence-corrected chi connectivity index (χ0v) is 21.9. The predicted octanol–water partition coefficient (Wildman–Crippen LogP) is 4.88. The molecule has 0 fully saturated rings. The molecule has 3 aromatic heterocycles. The monoisotopic (exact) mass is 512 g/mol. The molecular formula is C29H32N6O3. The second-order valence-electron chi connectivity index (χ2n) is 9.35. The Bertz CT molecular complexity index is 1540. The van der Waals surface area contributed by atoms with Crippen LogP contribution in [0.5, 0.6) is 5.75 Å². The summed E-state index contributed by atoms with van der Waals surface area (Å²) in [6.45, 7) is 5.69. The third-order valence-corrected chi connectivity index (χ3v) is 6.88. The van der Waals surface area contributed by atoms with Gasteiger partial charge in [0.15, 0.2) is 5.82 Å². The molecule has 1 N–H and O–H groups in total. The third-order valence-electron chi connectivity index (χ3n) is 6.88. The van der Waals surface area contributed by atoms with E-state index in [1.54, 1.807) is 18.1 Å². The summed E-state index contributed by atoms with van der Waals surface area (Å²) in [7, 11) is 1.66. The van der Waals surface area contributed by atoms with Crippen LogP contribution in [0.25, 0.3) is 10.9 Å². The van der Waals surface area contributed by atoms with Gasteiger partial charge in [0.2, 0.25) is 0 Å². The molecule has 9 nitrogen and oxygen atoms in total. The average molecular weight is 513 g/mol. The van der Waals surface area contributed by atoms with Crippen molar-refractivity contribution in [1.82, 2.24) is 30.1 Å². The molecule has 1 atom stereocenters. The lowest BCUT2D eigenvalue weighted by Crippen LogP contribution is -2.32. The van der Waals surface area contributed by atoms with Crippen molar-refractivity contribution in [2.45, 2.75) is 52.4 Å². The molecule has 0 aliphatic heterocycles. The maximum atomic E-state index is 13.2. The van der Waals surface area contributed by atoms with Crippen LogP contribution >= 0.6 is 0 Å². The molecule has 0 saturated heterocycles. The summed E-state index contributed by atoms with van der Waals surface area (Å²) in [5.74, 6) is 2.29. The van der Waals surface area contributed by atoms with Gasteiger partial charge in [0.1, 0.15) is 18.1 Å². The molecule has 0 aliphatic carbocycles. The standard InChI is InChI=1S/C29H32N6O3/c1-4-20-10-13-26-22(15-20)16-23(29(36)30-26)18-34(17-21-8-11-24(37-3)12-9-21)27(5-2)28-31-32-33-35(28)19-25-7-6-14-38-25/h6-16,27H,4-5,17-19H2,1-3H3,(H,30,36)/t27-/m0/s1. The highest BCUT2D eigenvalue weighted by molar-refractivity contribution is 5.79. The van der Waals surface area contributed by atoms with Crippen LogP contribution in [0.1, 0.15) is 54.6 Å². The first kappa shape index (κ1) is 25.4. The highest BCUT2D eigenvalue weighted by atomic mass is 16.5. The smallest absolute Gasteiger partial charge is 0.252 e. The Hall–Kier alpha value is -4.24. The summed E-state index contributed by atoms with van der Waals surface area (Å²) < 4.78 is 12.6. The zero-order valence-electron chi connectivity index (χ0n) is 21.9. The molecule has 2 aromatic carbocycles. The maximum Gasteiger partial charge on any atom is 0.252 e. The lowest BCUT2D eigenvalue weighted by atomic mass is 10.1. The molecule has 0 aliphatic rings. The predicted molar refractivity (Wildman–Crippen MR) is 145 cm³/mol. The van der Waals surface area contributed by atoms with Gasteiger partial charge in [-0.05, 0) is 82.2 Å². The van der Waals surface area contributed by atoms with Gasteiger partial charge in [-0.25, -0.2) is 4.68 Å². The van der Waals surface area contributed by atoms with Crippen molar-refractivity contribution in [2.75, 3.05) is 7.11 Å². The summed E-state index contributed by atoms with van der Waals surface area (Å²) in [4.78, 5) is 18.5. The highest BCUT2D eigenvalue weighted by Gasteiger charge is 2.26. The van der Waals surface area contributed by atoms with E-state index >= 15 is 0 Å². The molecule has 38 heavy (non-hydrogen) atoms. The van der Waals surface area contributed by atoms with E-state index in [-0.39, 0.29) is 11.6 Å². The number of furan rings is 1. The van der Waals surface area contributed by atoms with Gasteiger partial charge in [0.05, 0.1) is 19.4 Å². The summed E-state index contributed by atoms with van der Waals surface area (Å²) in [6, 6.07) is 19.8. The number of hydrogen-bond acceptors (Lipinski definition) is 7. The fraction of sp³-hybridized carbons (Fsp3) is 0.310. The quantitative estimate of drug-likeness (QED) is 0.269. The molecule has 5 aromatic rings. The Morgan fingerprint density at radius 3 is 2.58 bits per heavy atom. The van der Waals surface area contributed by atoms with Crippen LogP contribution in [-0.4, -0.2) is 37.2 Å². The minimum Gasteiger partial charge on any atom is -0.497 e. The van der Waals surface area contributed by atoms with E-state index in [0.717, 1.165) is 46.6 Å². The number of fused-ring (bicyclic) bond motifs is 1.